The van der Waals surface area contributed by atoms with Crippen LogP contribution < -0.4 is 5.73 Å². The fraction of sp³-hybridized carbons (Fsp3) is 0.400. The van der Waals surface area contributed by atoms with Gasteiger partial charge in [-0.25, -0.2) is 4.98 Å². The molecule has 1 aromatic carbocycles. The number of nitrogens with zero attached hydrogens (tertiary/aromatic N) is 1. The second kappa shape index (κ2) is 4.18. The van der Waals surface area contributed by atoms with Crippen molar-refractivity contribution in [3.63, 3.8) is 0 Å². The van der Waals surface area contributed by atoms with E-state index in [0.29, 0.717) is 0 Å². The number of aryl methyl sites for hydroxylation is 2. The number of thiazole rings is 1. The van der Waals surface area contributed by atoms with Crippen molar-refractivity contribution in [1.82, 2.24) is 4.98 Å². The van der Waals surface area contributed by atoms with E-state index in [1.165, 1.54) is 21.7 Å². The van der Waals surface area contributed by atoms with E-state index in [4.69, 9.17) is 10.7 Å². The van der Waals surface area contributed by atoms with Gasteiger partial charge in [-0.2, -0.15) is 0 Å². The Kier molecular flexibility index (Phi) is 2.76. The molecule has 2 aromatic rings. The Labute approximate surface area is 112 Å². The van der Waals surface area contributed by atoms with Crippen molar-refractivity contribution in [3.8, 4) is 0 Å². The fourth-order valence-electron chi connectivity index (χ4n) is 2.76. The molecule has 0 aliphatic heterocycles. The number of rotatable bonds is 2. The zero-order valence-electron chi connectivity index (χ0n) is 10.9. The van der Waals surface area contributed by atoms with Crippen LogP contribution in [0.4, 0.5) is 0 Å². The maximum absolute atomic E-state index is 6.62. The highest BCUT2D eigenvalue weighted by Crippen LogP contribution is 2.38. The molecule has 0 bridgehead atoms. The van der Waals surface area contributed by atoms with Gasteiger partial charge < -0.3 is 5.73 Å². The van der Waals surface area contributed by atoms with Crippen LogP contribution in [0.1, 0.15) is 33.6 Å². The maximum Gasteiger partial charge on any atom is 0.114 e. The zero-order chi connectivity index (χ0) is 12.8. The first-order valence-corrected chi connectivity index (χ1v) is 7.26. The summed E-state index contributed by atoms with van der Waals surface area (Å²) in [5.41, 5.74) is 10.3. The normalized spacial score (nSPS) is 16.8. The molecule has 1 aromatic heterocycles. The first kappa shape index (κ1) is 11.9. The average Bonchev–Trinajstić information content (AvgIpc) is 2.89. The van der Waals surface area contributed by atoms with E-state index in [9.17, 15) is 0 Å². The Morgan fingerprint density at radius 2 is 1.89 bits per heavy atom. The van der Waals surface area contributed by atoms with Gasteiger partial charge in [0.1, 0.15) is 5.01 Å². The fourth-order valence-corrected chi connectivity index (χ4v) is 3.87. The molecule has 1 heterocycles. The smallest absolute Gasteiger partial charge is 0.114 e. The Bertz CT molecular complexity index is 561. The topological polar surface area (TPSA) is 38.9 Å². The van der Waals surface area contributed by atoms with E-state index in [0.717, 1.165) is 24.3 Å². The van der Waals surface area contributed by atoms with Crippen LogP contribution >= 0.6 is 11.3 Å². The quantitative estimate of drug-likeness (QED) is 0.899. The highest BCUT2D eigenvalue weighted by Gasteiger charge is 2.37. The summed E-state index contributed by atoms with van der Waals surface area (Å²) in [7, 11) is 0. The van der Waals surface area contributed by atoms with Crippen LogP contribution in [0.15, 0.2) is 24.3 Å². The van der Waals surface area contributed by atoms with Crippen molar-refractivity contribution in [3.05, 3.63) is 51.0 Å². The minimum absolute atomic E-state index is 0.285. The molecule has 0 fully saturated rings. The molecule has 18 heavy (non-hydrogen) atoms. The lowest BCUT2D eigenvalue weighted by Gasteiger charge is -2.20. The molecule has 3 rings (SSSR count). The van der Waals surface area contributed by atoms with E-state index >= 15 is 0 Å². The number of hydrogen-bond donors (Lipinski definition) is 1. The summed E-state index contributed by atoms with van der Waals surface area (Å²) in [6, 6.07) is 8.56. The number of nitrogens with two attached hydrogens (primary N) is 1. The van der Waals surface area contributed by atoms with Crippen LogP contribution in [0, 0.1) is 6.92 Å². The molecule has 0 amide bonds. The molecule has 1 aliphatic rings. The van der Waals surface area contributed by atoms with E-state index in [2.05, 4.69) is 38.1 Å². The molecule has 0 unspecified atom stereocenters. The molecule has 0 saturated heterocycles. The van der Waals surface area contributed by atoms with Crippen molar-refractivity contribution in [2.75, 3.05) is 0 Å². The lowest BCUT2D eigenvalue weighted by molar-refractivity contribution is 0.469. The second-order valence-corrected chi connectivity index (χ2v) is 6.36. The molecule has 0 atom stereocenters. The standard InChI is InChI=1S/C15H18N2S/c1-3-13-10(2)18-14(17-13)15(16)8-11-6-4-5-7-12(11)9-15/h4-7H,3,8-9,16H2,1-2H3. The van der Waals surface area contributed by atoms with Crippen LogP contribution in [0.3, 0.4) is 0 Å². The molecule has 0 saturated carbocycles. The summed E-state index contributed by atoms with van der Waals surface area (Å²) in [6.45, 7) is 4.30. The molecule has 0 radical (unpaired) electrons. The zero-order valence-corrected chi connectivity index (χ0v) is 11.7. The molecular formula is C15H18N2S. The van der Waals surface area contributed by atoms with Gasteiger partial charge >= 0.3 is 0 Å². The van der Waals surface area contributed by atoms with Gasteiger partial charge in [-0.15, -0.1) is 11.3 Å². The predicted octanol–water partition coefficient (Wildman–Crippen LogP) is 2.97. The minimum atomic E-state index is -0.285. The van der Waals surface area contributed by atoms with Crippen molar-refractivity contribution in [1.29, 1.82) is 0 Å². The number of aromatic nitrogens is 1. The van der Waals surface area contributed by atoms with Gasteiger partial charge in [-0.05, 0) is 37.3 Å². The summed E-state index contributed by atoms with van der Waals surface area (Å²) in [5, 5.41) is 1.10. The van der Waals surface area contributed by atoms with Gasteiger partial charge in [-0.3, -0.25) is 0 Å². The Morgan fingerprint density at radius 3 is 2.39 bits per heavy atom. The third kappa shape index (κ3) is 1.78. The Balaban J connectivity index is 1.98. The van der Waals surface area contributed by atoms with Crippen LogP contribution in [0.25, 0.3) is 0 Å². The third-order valence-electron chi connectivity index (χ3n) is 3.78. The highest BCUT2D eigenvalue weighted by molar-refractivity contribution is 7.11. The summed E-state index contributed by atoms with van der Waals surface area (Å²) in [6.07, 6.45) is 2.82. The van der Waals surface area contributed by atoms with Crippen LogP contribution in [-0.2, 0) is 24.8 Å². The first-order valence-electron chi connectivity index (χ1n) is 6.45. The van der Waals surface area contributed by atoms with Crippen molar-refractivity contribution in [2.45, 2.75) is 38.6 Å². The number of fused-ring (bicyclic) bond motifs is 1. The highest BCUT2D eigenvalue weighted by atomic mass is 32.1. The average molecular weight is 258 g/mol. The van der Waals surface area contributed by atoms with Gasteiger partial charge in [0.2, 0.25) is 0 Å². The van der Waals surface area contributed by atoms with E-state index in [1.54, 1.807) is 11.3 Å². The number of hydrogen-bond acceptors (Lipinski definition) is 3. The summed E-state index contributed by atoms with van der Waals surface area (Å²) in [5.74, 6) is 0. The van der Waals surface area contributed by atoms with Crippen LogP contribution in [0.2, 0.25) is 0 Å². The largest absolute Gasteiger partial charge is 0.319 e. The van der Waals surface area contributed by atoms with Gasteiger partial charge in [-0.1, -0.05) is 31.2 Å². The molecule has 2 nitrogen and oxygen atoms in total. The van der Waals surface area contributed by atoms with Crippen LogP contribution in [0.5, 0.6) is 0 Å². The van der Waals surface area contributed by atoms with E-state index < -0.39 is 0 Å². The number of benzene rings is 1. The molecule has 94 valence electrons. The maximum atomic E-state index is 6.62. The van der Waals surface area contributed by atoms with E-state index in [-0.39, 0.29) is 5.54 Å². The second-order valence-electron chi connectivity index (χ2n) is 5.15. The van der Waals surface area contributed by atoms with Gasteiger partial charge in [0.05, 0.1) is 11.2 Å². The van der Waals surface area contributed by atoms with Crippen molar-refractivity contribution >= 4 is 11.3 Å². The molecular weight excluding hydrogens is 240 g/mol. The lowest BCUT2D eigenvalue weighted by atomic mass is 9.98. The van der Waals surface area contributed by atoms with Gasteiger partial charge in [0.15, 0.2) is 0 Å². The molecule has 0 spiro atoms. The summed E-state index contributed by atoms with van der Waals surface area (Å²) < 4.78 is 0. The lowest BCUT2D eigenvalue weighted by Crippen LogP contribution is -2.37. The van der Waals surface area contributed by atoms with Crippen molar-refractivity contribution in [2.24, 2.45) is 5.73 Å². The van der Waals surface area contributed by atoms with Crippen LogP contribution in [-0.4, -0.2) is 4.98 Å². The molecule has 3 heteroatoms. The predicted molar refractivity (Wildman–Crippen MR) is 75.9 cm³/mol. The Morgan fingerprint density at radius 1 is 1.28 bits per heavy atom. The Hall–Kier alpha value is -1.19. The van der Waals surface area contributed by atoms with E-state index in [1.807, 2.05) is 0 Å². The molecule has 1 aliphatic carbocycles. The molecule has 2 N–H and O–H groups in total. The summed E-state index contributed by atoms with van der Waals surface area (Å²) >= 11 is 1.77. The van der Waals surface area contributed by atoms with Crippen molar-refractivity contribution < 1.29 is 0 Å². The third-order valence-corrected chi connectivity index (χ3v) is 5.02. The summed E-state index contributed by atoms with van der Waals surface area (Å²) in [4.78, 5) is 6.07. The monoisotopic (exact) mass is 258 g/mol. The SMILES string of the molecule is CCc1nc(C2(N)Cc3ccccc3C2)sc1C. The van der Waals surface area contributed by atoms with Gasteiger partial charge in [0.25, 0.3) is 0 Å². The first-order chi connectivity index (χ1) is 8.62. The minimum Gasteiger partial charge on any atom is -0.319 e. The van der Waals surface area contributed by atoms with Gasteiger partial charge in [0, 0.05) is 4.88 Å².